The van der Waals surface area contributed by atoms with Crippen LogP contribution < -0.4 is 9.47 Å². The van der Waals surface area contributed by atoms with E-state index in [4.69, 9.17) is 9.47 Å². The molecule has 0 saturated carbocycles. The maximum absolute atomic E-state index is 12.3. The van der Waals surface area contributed by atoms with Gasteiger partial charge in [-0.3, -0.25) is 0 Å². The largest absolute Gasteiger partial charge is 0.496 e. The van der Waals surface area contributed by atoms with Crippen LogP contribution in [0.4, 0.5) is 0 Å². The number of hydrogen-bond donors (Lipinski definition) is 0. The second-order valence-corrected chi connectivity index (χ2v) is 7.31. The summed E-state index contributed by atoms with van der Waals surface area (Å²) in [6.07, 6.45) is 8.82. The van der Waals surface area contributed by atoms with Gasteiger partial charge in [-0.2, -0.15) is 0 Å². The molecule has 1 aromatic rings. The zero-order chi connectivity index (χ0) is 15.5. The molecule has 0 heterocycles. The van der Waals surface area contributed by atoms with Crippen molar-refractivity contribution in [3.63, 3.8) is 0 Å². The van der Waals surface area contributed by atoms with Crippen LogP contribution >= 0.6 is 7.80 Å². The Balaban J connectivity index is 2.44. The minimum absolute atomic E-state index is 0.576. The first-order valence-corrected chi connectivity index (χ1v) is 9.76. The summed E-state index contributed by atoms with van der Waals surface area (Å²) in [5, 5.41) is 0. The second-order valence-electron chi connectivity index (χ2n) is 5.37. The molecule has 21 heavy (non-hydrogen) atoms. The first-order valence-electron chi connectivity index (χ1n) is 7.94. The van der Waals surface area contributed by atoms with Crippen molar-refractivity contribution in [2.75, 3.05) is 20.4 Å². The van der Waals surface area contributed by atoms with Crippen LogP contribution in [0.25, 0.3) is 0 Å². The van der Waals surface area contributed by atoms with Gasteiger partial charge in [0.15, 0.2) is 0 Å². The van der Waals surface area contributed by atoms with E-state index in [1.54, 1.807) is 14.2 Å². The number of benzene rings is 1. The maximum Gasteiger partial charge on any atom is 0.126 e. The molecule has 0 aliphatic heterocycles. The van der Waals surface area contributed by atoms with E-state index < -0.39 is 7.80 Å². The molecule has 0 N–H and O–H groups in total. The summed E-state index contributed by atoms with van der Waals surface area (Å²) >= 11 is 0. The molecule has 0 aromatic heterocycles. The minimum Gasteiger partial charge on any atom is -0.496 e. The molecule has 4 heteroatoms. The summed E-state index contributed by atoms with van der Waals surface area (Å²) in [5.74, 6) is 1.55. The van der Waals surface area contributed by atoms with Gasteiger partial charge in [-0.05, 0) is 24.7 Å². The monoisotopic (exact) mass is 312 g/mol. The SMILES string of the molecule is CCCCCCCC[PH](=O)Cc1c(OC)cccc1OC. The summed E-state index contributed by atoms with van der Waals surface area (Å²) in [6, 6.07) is 5.70. The highest BCUT2D eigenvalue weighted by Crippen LogP contribution is 2.37. The molecule has 0 fully saturated rings. The first-order chi connectivity index (χ1) is 10.2. The van der Waals surface area contributed by atoms with Crippen molar-refractivity contribution in [1.29, 1.82) is 0 Å². The third-order valence-corrected chi connectivity index (χ3v) is 5.37. The van der Waals surface area contributed by atoms with Gasteiger partial charge in [-0.1, -0.05) is 45.1 Å². The Morgan fingerprint density at radius 1 is 0.952 bits per heavy atom. The van der Waals surface area contributed by atoms with Crippen molar-refractivity contribution in [3.05, 3.63) is 23.8 Å². The minimum atomic E-state index is -1.61. The predicted molar refractivity (Wildman–Crippen MR) is 90.5 cm³/mol. The van der Waals surface area contributed by atoms with E-state index in [1.807, 2.05) is 18.2 Å². The third kappa shape index (κ3) is 6.56. The molecule has 1 unspecified atom stereocenters. The fraction of sp³-hybridized carbons (Fsp3) is 0.647. The van der Waals surface area contributed by atoms with Crippen molar-refractivity contribution in [2.45, 2.75) is 51.6 Å². The summed E-state index contributed by atoms with van der Waals surface area (Å²) in [6.45, 7) is 2.22. The Bertz CT molecular complexity index is 410. The van der Waals surface area contributed by atoms with Gasteiger partial charge in [0.05, 0.1) is 22.0 Å². The van der Waals surface area contributed by atoms with Gasteiger partial charge in [0.2, 0.25) is 0 Å². The van der Waals surface area contributed by atoms with Crippen molar-refractivity contribution >= 4 is 7.80 Å². The van der Waals surface area contributed by atoms with Gasteiger partial charge in [-0.15, -0.1) is 0 Å². The van der Waals surface area contributed by atoms with E-state index in [2.05, 4.69) is 6.92 Å². The van der Waals surface area contributed by atoms with Gasteiger partial charge < -0.3 is 14.0 Å². The molecule has 0 bridgehead atoms. The molecule has 1 rings (SSSR count). The zero-order valence-corrected chi connectivity index (χ0v) is 14.6. The van der Waals surface area contributed by atoms with E-state index >= 15 is 0 Å². The lowest BCUT2D eigenvalue weighted by molar-refractivity contribution is 0.387. The molecule has 120 valence electrons. The van der Waals surface area contributed by atoms with E-state index in [1.165, 1.54) is 32.1 Å². The van der Waals surface area contributed by atoms with Crippen LogP contribution in [0, 0.1) is 0 Å². The molecule has 0 aliphatic rings. The quantitative estimate of drug-likeness (QED) is 0.420. The lowest BCUT2D eigenvalue weighted by atomic mass is 10.1. The highest BCUT2D eigenvalue weighted by Gasteiger charge is 2.12. The topological polar surface area (TPSA) is 35.5 Å². The fourth-order valence-electron chi connectivity index (χ4n) is 2.49. The smallest absolute Gasteiger partial charge is 0.126 e. The number of ether oxygens (including phenoxy) is 2. The van der Waals surface area contributed by atoms with E-state index in [0.29, 0.717) is 6.16 Å². The van der Waals surface area contributed by atoms with Crippen LogP contribution in [0.1, 0.15) is 51.0 Å². The zero-order valence-electron chi connectivity index (χ0n) is 13.6. The van der Waals surface area contributed by atoms with E-state index in [0.717, 1.165) is 29.6 Å². The molecule has 0 saturated heterocycles. The maximum atomic E-state index is 12.3. The highest BCUT2D eigenvalue weighted by molar-refractivity contribution is 7.43. The summed E-state index contributed by atoms with van der Waals surface area (Å²) in [7, 11) is 1.68. The second kappa shape index (κ2) is 10.7. The normalized spacial score (nSPS) is 12.1. The van der Waals surface area contributed by atoms with Crippen LogP contribution in [0.5, 0.6) is 11.5 Å². The van der Waals surface area contributed by atoms with Crippen molar-refractivity contribution in [1.82, 2.24) is 0 Å². The van der Waals surface area contributed by atoms with Crippen molar-refractivity contribution in [2.24, 2.45) is 0 Å². The first kappa shape index (κ1) is 18.1. The Morgan fingerprint density at radius 2 is 1.52 bits per heavy atom. The molecule has 0 radical (unpaired) electrons. The van der Waals surface area contributed by atoms with Crippen LogP contribution in [0.2, 0.25) is 0 Å². The Labute approximate surface area is 129 Å². The van der Waals surface area contributed by atoms with Crippen LogP contribution in [0.15, 0.2) is 18.2 Å². The van der Waals surface area contributed by atoms with Gasteiger partial charge in [0.25, 0.3) is 0 Å². The predicted octanol–water partition coefficient (Wildman–Crippen LogP) is 5.12. The molecular weight excluding hydrogens is 283 g/mol. The van der Waals surface area contributed by atoms with Crippen LogP contribution in [0.3, 0.4) is 0 Å². The lowest BCUT2D eigenvalue weighted by Gasteiger charge is -2.12. The molecule has 1 atom stereocenters. The van der Waals surface area contributed by atoms with Crippen LogP contribution in [-0.2, 0) is 10.7 Å². The summed E-state index contributed by atoms with van der Waals surface area (Å²) < 4.78 is 23.0. The van der Waals surface area contributed by atoms with Crippen molar-refractivity contribution < 1.29 is 14.0 Å². The summed E-state index contributed by atoms with van der Waals surface area (Å²) in [5.41, 5.74) is 0.942. The average molecular weight is 312 g/mol. The average Bonchev–Trinajstić information content (AvgIpc) is 2.51. The molecule has 1 aromatic carbocycles. The third-order valence-electron chi connectivity index (χ3n) is 3.71. The number of unbranched alkanes of at least 4 members (excludes halogenated alkanes) is 5. The van der Waals surface area contributed by atoms with Gasteiger partial charge in [-0.25, -0.2) is 0 Å². The van der Waals surface area contributed by atoms with Gasteiger partial charge >= 0.3 is 0 Å². The van der Waals surface area contributed by atoms with Crippen molar-refractivity contribution in [3.8, 4) is 11.5 Å². The lowest BCUT2D eigenvalue weighted by Crippen LogP contribution is -1.96. The number of methoxy groups -OCH3 is 2. The Morgan fingerprint density at radius 3 is 2.10 bits per heavy atom. The number of hydrogen-bond acceptors (Lipinski definition) is 3. The Hall–Kier alpha value is -0.950. The number of rotatable bonds is 11. The molecular formula is C17H29O3P. The molecule has 0 amide bonds. The summed E-state index contributed by atoms with van der Waals surface area (Å²) in [4.78, 5) is 0. The molecule has 3 nitrogen and oxygen atoms in total. The van der Waals surface area contributed by atoms with Gasteiger partial charge in [0.1, 0.15) is 11.5 Å². The molecule has 0 spiro atoms. The Kier molecular flexibility index (Phi) is 9.25. The fourth-order valence-corrected chi connectivity index (χ4v) is 4.05. The van der Waals surface area contributed by atoms with Gasteiger partial charge in [0, 0.05) is 11.7 Å². The standard InChI is InChI=1S/C17H29O3P/c1-4-5-6-7-8-9-13-21(18)14-15-16(19-2)11-10-12-17(15)20-3/h10-12,21H,4-9,13-14H2,1-3H3. The van der Waals surface area contributed by atoms with E-state index in [-0.39, 0.29) is 0 Å². The van der Waals surface area contributed by atoms with Crippen LogP contribution in [-0.4, -0.2) is 20.4 Å². The highest BCUT2D eigenvalue weighted by atomic mass is 31.1. The van der Waals surface area contributed by atoms with E-state index in [9.17, 15) is 4.57 Å². The molecule has 0 aliphatic carbocycles.